The molecule has 0 bridgehead atoms. The van der Waals surface area contributed by atoms with Gasteiger partial charge in [0.15, 0.2) is 11.5 Å². The van der Waals surface area contributed by atoms with E-state index in [4.69, 9.17) is 9.47 Å². The topological polar surface area (TPSA) is 72.5 Å². The third kappa shape index (κ3) is 3.98. The predicted octanol–water partition coefficient (Wildman–Crippen LogP) is 3.99. The fraction of sp³-hybridized carbons (Fsp3) is 0.100. The van der Waals surface area contributed by atoms with Crippen LogP contribution in [-0.2, 0) is 0 Å². The van der Waals surface area contributed by atoms with Crippen LogP contribution in [0.25, 0.3) is 0 Å². The number of amides is 1. The summed E-state index contributed by atoms with van der Waals surface area (Å²) in [7, 11) is 0. The van der Waals surface area contributed by atoms with Gasteiger partial charge in [0.2, 0.25) is 0 Å². The molecule has 0 aliphatic carbocycles. The molecule has 4 rings (SSSR count). The van der Waals surface area contributed by atoms with E-state index in [9.17, 15) is 9.18 Å². The fourth-order valence-corrected chi connectivity index (χ4v) is 2.65. The molecule has 1 aromatic heterocycles. The average molecular weight is 365 g/mol. The molecule has 7 heteroatoms. The Morgan fingerprint density at radius 3 is 2.48 bits per heavy atom. The van der Waals surface area contributed by atoms with E-state index in [0.29, 0.717) is 41.8 Å². The first kappa shape index (κ1) is 16.8. The van der Waals surface area contributed by atoms with Crippen LogP contribution in [0.2, 0.25) is 0 Å². The highest BCUT2D eigenvalue weighted by Crippen LogP contribution is 2.33. The van der Waals surface area contributed by atoms with Crippen molar-refractivity contribution in [3.8, 4) is 11.5 Å². The Balaban J connectivity index is 1.48. The largest absolute Gasteiger partial charge is 0.486 e. The summed E-state index contributed by atoms with van der Waals surface area (Å²) in [6.07, 6.45) is 1.54. The maximum absolute atomic E-state index is 13.0. The Bertz CT molecular complexity index is 976. The number of carbonyl (C=O) groups is 1. The number of hydrogen-bond acceptors (Lipinski definition) is 5. The Morgan fingerprint density at radius 2 is 1.67 bits per heavy atom. The summed E-state index contributed by atoms with van der Waals surface area (Å²) >= 11 is 0. The molecule has 1 amide bonds. The SMILES string of the molecule is O=C(Nc1ccc(F)cc1)c1ccnc(Nc2ccc3c(c2)OCCO3)c1. The van der Waals surface area contributed by atoms with Crippen molar-refractivity contribution in [3.05, 3.63) is 72.2 Å². The van der Waals surface area contributed by atoms with E-state index < -0.39 is 0 Å². The van der Waals surface area contributed by atoms with Gasteiger partial charge in [-0.1, -0.05) is 0 Å². The zero-order valence-corrected chi connectivity index (χ0v) is 14.2. The number of anilines is 3. The summed E-state index contributed by atoms with van der Waals surface area (Å²) in [5.41, 5.74) is 1.71. The van der Waals surface area contributed by atoms with E-state index in [1.807, 2.05) is 18.2 Å². The van der Waals surface area contributed by atoms with Crippen LogP contribution in [0, 0.1) is 5.82 Å². The van der Waals surface area contributed by atoms with Crippen molar-refractivity contribution >= 4 is 23.1 Å². The monoisotopic (exact) mass is 365 g/mol. The van der Waals surface area contributed by atoms with Gasteiger partial charge in [0.1, 0.15) is 24.8 Å². The minimum absolute atomic E-state index is 0.311. The van der Waals surface area contributed by atoms with E-state index in [2.05, 4.69) is 15.6 Å². The minimum atomic E-state index is -0.358. The lowest BCUT2D eigenvalue weighted by atomic mass is 10.2. The molecule has 1 aliphatic heterocycles. The summed E-state index contributed by atoms with van der Waals surface area (Å²) in [5.74, 6) is 1.21. The number of hydrogen-bond donors (Lipinski definition) is 2. The van der Waals surface area contributed by atoms with Crippen LogP contribution in [0.5, 0.6) is 11.5 Å². The first-order chi connectivity index (χ1) is 13.2. The van der Waals surface area contributed by atoms with Gasteiger partial charge in [-0.3, -0.25) is 4.79 Å². The second kappa shape index (κ2) is 7.33. The fourth-order valence-electron chi connectivity index (χ4n) is 2.65. The molecule has 0 unspecified atom stereocenters. The molecule has 0 radical (unpaired) electrons. The quantitative estimate of drug-likeness (QED) is 0.731. The zero-order chi connectivity index (χ0) is 18.6. The molecular formula is C20H16FN3O3. The van der Waals surface area contributed by atoms with E-state index in [0.717, 1.165) is 5.69 Å². The highest BCUT2D eigenvalue weighted by Gasteiger charge is 2.12. The Hall–Kier alpha value is -3.61. The standard InChI is InChI=1S/C20H16FN3O3/c21-14-1-3-15(4-2-14)24-20(25)13-7-8-22-19(11-13)23-16-5-6-17-18(12-16)27-10-9-26-17/h1-8,11-12H,9-10H2,(H,22,23)(H,24,25). The Labute approximate surface area is 155 Å². The van der Waals surface area contributed by atoms with Crippen molar-refractivity contribution in [1.82, 2.24) is 4.98 Å². The number of benzene rings is 2. The van der Waals surface area contributed by atoms with Crippen molar-refractivity contribution in [1.29, 1.82) is 0 Å². The second-order valence-corrected chi connectivity index (χ2v) is 5.87. The second-order valence-electron chi connectivity index (χ2n) is 5.87. The molecule has 136 valence electrons. The van der Waals surface area contributed by atoms with Crippen molar-refractivity contribution in [3.63, 3.8) is 0 Å². The van der Waals surface area contributed by atoms with E-state index in [1.54, 1.807) is 18.3 Å². The van der Waals surface area contributed by atoms with Gasteiger partial charge >= 0.3 is 0 Å². The van der Waals surface area contributed by atoms with Gasteiger partial charge in [-0.05, 0) is 48.5 Å². The predicted molar refractivity (Wildman–Crippen MR) is 99.3 cm³/mol. The average Bonchev–Trinajstić information content (AvgIpc) is 2.70. The van der Waals surface area contributed by atoms with Crippen molar-refractivity contribution in [2.75, 3.05) is 23.8 Å². The van der Waals surface area contributed by atoms with Gasteiger partial charge in [0, 0.05) is 29.2 Å². The maximum Gasteiger partial charge on any atom is 0.255 e. The van der Waals surface area contributed by atoms with Crippen LogP contribution < -0.4 is 20.1 Å². The molecule has 3 aromatic rings. The molecule has 2 aromatic carbocycles. The summed E-state index contributed by atoms with van der Waals surface area (Å²) in [5, 5.41) is 5.86. The third-order valence-corrected chi connectivity index (χ3v) is 3.94. The van der Waals surface area contributed by atoms with Gasteiger partial charge in [0.25, 0.3) is 5.91 Å². The highest BCUT2D eigenvalue weighted by atomic mass is 19.1. The van der Waals surface area contributed by atoms with Crippen LogP contribution in [0.15, 0.2) is 60.8 Å². The number of rotatable bonds is 4. The Kier molecular flexibility index (Phi) is 4.57. The lowest BCUT2D eigenvalue weighted by Crippen LogP contribution is -2.15. The molecule has 0 spiro atoms. The van der Waals surface area contributed by atoms with Crippen molar-refractivity contribution in [2.24, 2.45) is 0 Å². The molecular weight excluding hydrogens is 349 g/mol. The van der Waals surface area contributed by atoms with Crippen molar-refractivity contribution in [2.45, 2.75) is 0 Å². The van der Waals surface area contributed by atoms with Crippen LogP contribution in [0.4, 0.5) is 21.6 Å². The third-order valence-electron chi connectivity index (χ3n) is 3.94. The highest BCUT2D eigenvalue weighted by molar-refractivity contribution is 6.04. The van der Waals surface area contributed by atoms with Gasteiger partial charge in [-0.2, -0.15) is 0 Å². The summed E-state index contributed by atoms with van der Waals surface area (Å²) in [4.78, 5) is 16.6. The lowest BCUT2D eigenvalue weighted by molar-refractivity contribution is 0.102. The Morgan fingerprint density at radius 1 is 0.926 bits per heavy atom. The van der Waals surface area contributed by atoms with E-state index >= 15 is 0 Å². The van der Waals surface area contributed by atoms with Gasteiger partial charge in [-0.15, -0.1) is 0 Å². The van der Waals surface area contributed by atoms with Gasteiger partial charge in [0.05, 0.1) is 0 Å². The normalized spacial score (nSPS) is 12.3. The first-order valence-electron chi connectivity index (χ1n) is 8.37. The molecule has 6 nitrogen and oxygen atoms in total. The number of carbonyl (C=O) groups excluding carboxylic acids is 1. The van der Waals surface area contributed by atoms with Crippen LogP contribution in [0.1, 0.15) is 10.4 Å². The maximum atomic E-state index is 13.0. The van der Waals surface area contributed by atoms with Crippen LogP contribution in [-0.4, -0.2) is 24.1 Å². The van der Waals surface area contributed by atoms with E-state index in [-0.39, 0.29) is 11.7 Å². The molecule has 0 atom stereocenters. The number of ether oxygens (including phenoxy) is 2. The molecule has 2 N–H and O–H groups in total. The number of fused-ring (bicyclic) bond motifs is 1. The van der Waals surface area contributed by atoms with Crippen molar-refractivity contribution < 1.29 is 18.7 Å². The molecule has 27 heavy (non-hydrogen) atoms. The lowest BCUT2D eigenvalue weighted by Gasteiger charge is -2.19. The smallest absolute Gasteiger partial charge is 0.255 e. The molecule has 0 saturated carbocycles. The minimum Gasteiger partial charge on any atom is -0.486 e. The molecule has 0 fully saturated rings. The molecule has 1 aliphatic rings. The number of nitrogens with zero attached hydrogens (tertiary/aromatic N) is 1. The number of pyridine rings is 1. The van der Waals surface area contributed by atoms with Gasteiger partial charge < -0.3 is 20.1 Å². The number of aromatic nitrogens is 1. The van der Waals surface area contributed by atoms with Gasteiger partial charge in [-0.25, -0.2) is 9.37 Å². The first-order valence-corrected chi connectivity index (χ1v) is 8.37. The summed E-state index contributed by atoms with van der Waals surface area (Å²) in [6.45, 7) is 1.04. The van der Waals surface area contributed by atoms with Crippen LogP contribution in [0.3, 0.4) is 0 Å². The summed E-state index contributed by atoms with van der Waals surface area (Å²) in [6, 6.07) is 14.3. The zero-order valence-electron chi connectivity index (χ0n) is 14.2. The summed E-state index contributed by atoms with van der Waals surface area (Å²) < 4.78 is 24.0. The molecule has 2 heterocycles. The van der Waals surface area contributed by atoms with Crippen LogP contribution >= 0.6 is 0 Å². The molecule has 0 saturated heterocycles. The number of nitrogens with one attached hydrogen (secondary N) is 2. The van der Waals surface area contributed by atoms with E-state index in [1.165, 1.54) is 24.3 Å². The number of halogens is 1.